The van der Waals surface area contributed by atoms with Crippen molar-refractivity contribution in [3.63, 3.8) is 0 Å². The van der Waals surface area contributed by atoms with E-state index in [4.69, 9.17) is 9.47 Å². The second kappa shape index (κ2) is 9.71. The number of para-hydroxylation sites is 2. The molecular weight excluding hydrogens is 375 g/mol. The van der Waals surface area contributed by atoms with Crippen LogP contribution in [-0.4, -0.2) is 54.9 Å². The fourth-order valence-corrected chi connectivity index (χ4v) is 3.35. The highest BCUT2D eigenvalue weighted by molar-refractivity contribution is 5.78. The molecule has 0 aromatic heterocycles. The van der Waals surface area contributed by atoms with Crippen LogP contribution >= 0.6 is 0 Å². The second-order valence-electron chi connectivity index (χ2n) is 7.31. The zero-order valence-corrected chi connectivity index (χ0v) is 16.6. The lowest BCUT2D eigenvalue weighted by molar-refractivity contribution is -0.124. The lowest BCUT2D eigenvalue weighted by atomic mass is 9.92. The maximum absolute atomic E-state index is 13.6. The number of amides is 1. The Morgan fingerprint density at radius 3 is 2.48 bits per heavy atom. The molecule has 156 valence electrons. The molecule has 1 aliphatic heterocycles. The van der Waals surface area contributed by atoms with Crippen molar-refractivity contribution in [3.8, 4) is 11.5 Å². The smallest absolute Gasteiger partial charge is 0.234 e. The maximum Gasteiger partial charge on any atom is 0.234 e. The fraction of sp³-hybridized carbons (Fsp3) is 0.409. The van der Waals surface area contributed by atoms with E-state index in [2.05, 4.69) is 5.32 Å². The molecule has 29 heavy (non-hydrogen) atoms. The van der Waals surface area contributed by atoms with E-state index in [9.17, 15) is 14.3 Å². The van der Waals surface area contributed by atoms with Gasteiger partial charge in [-0.3, -0.25) is 9.69 Å². The summed E-state index contributed by atoms with van der Waals surface area (Å²) in [7, 11) is 1.60. The van der Waals surface area contributed by atoms with Gasteiger partial charge in [0, 0.05) is 25.2 Å². The van der Waals surface area contributed by atoms with Gasteiger partial charge < -0.3 is 19.9 Å². The molecule has 7 heteroatoms. The normalized spacial score (nSPS) is 16.2. The van der Waals surface area contributed by atoms with E-state index < -0.39 is 11.4 Å². The van der Waals surface area contributed by atoms with Crippen LogP contribution in [0.5, 0.6) is 11.5 Å². The lowest BCUT2D eigenvalue weighted by Crippen LogP contribution is -2.50. The molecule has 2 N–H and O–H groups in total. The summed E-state index contributed by atoms with van der Waals surface area (Å²) in [5, 5.41) is 13.6. The first-order valence-corrected chi connectivity index (χ1v) is 9.70. The summed E-state index contributed by atoms with van der Waals surface area (Å²) in [5.74, 6) is 0.356. The lowest BCUT2D eigenvalue weighted by Gasteiger charge is -2.37. The molecule has 3 rings (SSSR count). The number of halogens is 1. The van der Waals surface area contributed by atoms with E-state index in [1.54, 1.807) is 25.3 Å². The molecule has 0 radical (unpaired) electrons. The summed E-state index contributed by atoms with van der Waals surface area (Å²) >= 11 is 0. The Morgan fingerprint density at radius 2 is 1.79 bits per heavy atom. The predicted molar refractivity (Wildman–Crippen MR) is 107 cm³/mol. The maximum atomic E-state index is 13.6. The summed E-state index contributed by atoms with van der Waals surface area (Å²) in [5.41, 5.74) is -0.103. The number of hydrogen-bond acceptors (Lipinski definition) is 5. The van der Waals surface area contributed by atoms with Crippen molar-refractivity contribution >= 4 is 5.91 Å². The van der Waals surface area contributed by atoms with Gasteiger partial charge in [-0.05, 0) is 31.0 Å². The number of rotatable bonds is 8. The molecule has 6 nitrogen and oxygen atoms in total. The van der Waals surface area contributed by atoms with Crippen LogP contribution in [0.4, 0.5) is 4.39 Å². The largest absolute Gasteiger partial charge is 0.496 e. The molecule has 0 aliphatic carbocycles. The highest BCUT2D eigenvalue weighted by Crippen LogP contribution is 2.25. The quantitative estimate of drug-likeness (QED) is 0.709. The number of nitrogens with one attached hydrogen (secondary N) is 1. The first-order chi connectivity index (χ1) is 14.0. The van der Waals surface area contributed by atoms with Gasteiger partial charge in [-0.1, -0.05) is 30.3 Å². The van der Waals surface area contributed by atoms with Crippen LogP contribution in [0.3, 0.4) is 0 Å². The number of ether oxygens (including phenoxy) is 2. The van der Waals surface area contributed by atoms with E-state index in [-0.39, 0.29) is 24.8 Å². The number of hydrogen-bond donors (Lipinski definition) is 2. The van der Waals surface area contributed by atoms with Gasteiger partial charge in [-0.2, -0.15) is 0 Å². The van der Waals surface area contributed by atoms with Gasteiger partial charge in [0.2, 0.25) is 5.91 Å². The molecule has 0 saturated carbocycles. The molecular formula is C22H27FN2O4. The van der Waals surface area contributed by atoms with Gasteiger partial charge in [-0.15, -0.1) is 0 Å². The minimum Gasteiger partial charge on any atom is -0.496 e. The van der Waals surface area contributed by atoms with Crippen LogP contribution in [0.1, 0.15) is 18.4 Å². The van der Waals surface area contributed by atoms with Crippen molar-refractivity contribution in [3.05, 3.63) is 59.9 Å². The zero-order valence-electron chi connectivity index (χ0n) is 16.6. The number of carbonyl (C=O) groups excluding carboxylic acids is 1. The summed E-state index contributed by atoms with van der Waals surface area (Å²) in [4.78, 5) is 14.3. The molecule has 0 bridgehead atoms. The Kier molecular flexibility index (Phi) is 7.06. The molecule has 1 saturated heterocycles. The van der Waals surface area contributed by atoms with Crippen LogP contribution in [0.25, 0.3) is 0 Å². The Bertz CT molecular complexity index is 822. The number of aliphatic hydroxyl groups is 1. The van der Waals surface area contributed by atoms with Crippen molar-refractivity contribution in [2.24, 2.45) is 0 Å². The summed E-state index contributed by atoms with van der Waals surface area (Å²) < 4.78 is 24.4. The van der Waals surface area contributed by atoms with Crippen molar-refractivity contribution in [2.75, 3.05) is 33.4 Å². The van der Waals surface area contributed by atoms with E-state index in [0.717, 1.165) is 11.3 Å². The van der Waals surface area contributed by atoms with E-state index in [1.165, 1.54) is 6.07 Å². The number of methoxy groups -OCH3 is 1. The average Bonchev–Trinajstić information content (AvgIpc) is 2.74. The Hall–Kier alpha value is -2.64. The number of carbonyl (C=O) groups is 1. The molecule has 0 spiro atoms. The number of piperidine rings is 1. The number of benzene rings is 2. The predicted octanol–water partition coefficient (Wildman–Crippen LogP) is 2.36. The Labute approximate surface area is 170 Å². The van der Waals surface area contributed by atoms with Crippen LogP contribution in [0, 0.1) is 5.82 Å². The third kappa shape index (κ3) is 5.92. The molecule has 1 heterocycles. The van der Waals surface area contributed by atoms with Crippen molar-refractivity contribution < 1.29 is 23.8 Å². The van der Waals surface area contributed by atoms with Crippen LogP contribution in [0.2, 0.25) is 0 Å². The molecule has 1 amide bonds. The van der Waals surface area contributed by atoms with E-state index >= 15 is 0 Å². The van der Waals surface area contributed by atoms with Gasteiger partial charge in [0.05, 0.1) is 13.7 Å². The summed E-state index contributed by atoms with van der Waals surface area (Å²) in [6, 6.07) is 13.7. The molecule has 2 aromatic carbocycles. The second-order valence-corrected chi connectivity index (χ2v) is 7.31. The average molecular weight is 402 g/mol. The third-order valence-electron chi connectivity index (χ3n) is 5.16. The number of likely N-dealkylation sites (tertiary alicyclic amines) is 1. The van der Waals surface area contributed by atoms with Crippen molar-refractivity contribution in [1.29, 1.82) is 0 Å². The number of nitrogens with zero attached hydrogens (tertiary/aromatic N) is 1. The fourth-order valence-electron chi connectivity index (χ4n) is 3.35. The van der Waals surface area contributed by atoms with Crippen LogP contribution < -0.4 is 14.8 Å². The molecule has 2 aromatic rings. The van der Waals surface area contributed by atoms with Crippen molar-refractivity contribution in [2.45, 2.75) is 25.0 Å². The topological polar surface area (TPSA) is 71.0 Å². The third-order valence-corrected chi connectivity index (χ3v) is 5.16. The molecule has 1 aliphatic rings. The van der Waals surface area contributed by atoms with Gasteiger partial charge in [0.15, 0.2) is 11.6 Å². The summed E-state index contributed by atoms with van der Waals surface area (Å²) in [6.07, 6.45) is 0.919. The van der Waals surface area contributed by atoms with Crippen LogP contribution in [-0.2, 0) is 11.3 Å². The van der Waals surface area contributed by atoms with Gasteiger partial charge in [-0.25, -0.2) is 4.39 Å². The summed E-state index contributed by atoms with van der Waals surface area (Å²) in [6.45, 7) is 1.83. The SMILES string of the molecule is COc1ccccc1CNC(=O)CN1CCC(O)(COc2ccccc2F)CC1. The van der Waals surface area contributed by atoms with E-state index in [0.29, 0.717) is 32.5 Å². The highest BCUT2D eigenvalue weighted by Gasteiger charge is 2.33. The van der Waals surface area contributed by atoms with E-state index in [1.807, 2.05) is 29.2 Å². The standard InChI is InChI=1S/C22H27FN2O4/c1-28-19-8-4-2-6-17(19)14-24-21(26)15-25-12-10-22(27,11-13-25)16-29-20-9-5-3-7-18(20)23/h2-9,27H,10-16H2,1H3,(H,24,26). The molecule has 1 fully saturated rings. The Morgan fingerprint density at radius 1 is 1.14 bits per heavy atom. The monoisotopic (exact) mass is 402 g/mol. The Balaban J connectivity index is 1.42. The first kappa shape index (κ1) is 21.1. The van der Waals surface area contributed by atoms with Crippen molar-refractivity contribution in [1.82, 2.24) is 10.2 Å². The first-order valence-electron chi connectivity index (χ1n) is 9.70. The van der Waals surface area contributed by atoms with Gasteiger partial charge >= 0.3 is 0 Å². The highest BCUT2D eigenvalue weighted by atomic mass is 19.1. The zero-order chi connectivity index (χ0) is 20.7. The van der Waals surface area contributed by atoms with Crippen LogP contribution in [0.15, 0.2) is 48.5 Å². The minimum absolute atomic E-state index is 0.0295. The minimum atomic E-state index is -1.02. The molecule has 0 unspecified atom stereocenters. The molecule has 0 atom stereocenters. The van der Waals surface area contributed by atoms with Gasteiger partial charge in [0.1, 0.15) is 18.0 Å². The van der Waals surface area contributed by atoms with Gasteiger partial charge in [0.25, 0.3) is 0 Å².